The van der Waals surface area contributed by atoms with Crippen LogP contribution in [0, 0.1) is 0 Å². The summed E-state index contributed by atoms with van der Waals surface area (Å²) < 4.78 is 0. The van der Waals surface area contributed by atoms with Gasteiger partial charge in [0.05, 0.1) is 0 Å². The molecule has 3 aliphatic rings. The van der Waals surface area contributed by atoms with Crippen molar-refractivity contribution < 1.29 is 0 Å². The van der Waals surface area contributed by atoms with Gasteiger partial charge >= 0.3 is 0 Å². The lowest BCUT2D eigenvalue weighted by Gasteiger charge is -2.41. The average Bonchev–Trinajstić information content (AvgIpc) is 2.96. The van der Waals surface area contributed by atoms with Gasteiger partial charge in [0.2, 0.25) is 0 Å². The summed E-state index contributed by atoms with van der Waals surface area (Å²) in [7, 11) is 0. The molecule has 0 aromatic carbocycles. The highest BCUT2D eigenvalue weighted by molar-refractivity contribution is 4.97. The van der Waals surface area contributed by atoms with Crippen LogP contribution in [0.5, 0.6) is 0 Å². The molecule has 2 unspecified atom stereocenters. The molecular formula is C15H28N2. The number of hydrogen-bond acceptors (Lipinski definition) is 2. The molecule has 3 fully saturated rings. The van der Waals surface area contributed by atoms with Crippen LogP contribution in [-0.2, 0) is 0 Å². The van der Waals surface area contributed by atoms with Gasteiger partial charge in [-0.05, 0) is 51.5 Å². The number of nitrogens with zero attached hydrogens (tertiary/aromatic N) is 1. The SMILES string of the molecule is CCCN(C1CCCC1)C1CC2CCC(C1)N2. The Hall–Kier alpha value is -0.0800. The summed E-state index contributed by atoms with van der Waals surface area (Å²) in [5.41, 5.74) is 0. The first kappa shape index (κ1) is 12.0. The molecule has 17 heavy (non-hydrogen) atoms. The van der Waals surface area contributed by atoms with Crippen molar-refractivity contribution in [1.29, 1.82) is 0 Å². The van der Waals surface area contributed by atoms with Crippen LogP contribution >= 0.6 is 0 Å². The zero-order valence-electron chi connectivity index (χ0n) is 11.3. The van der Waals surface area contributed by atoms with Crippen molar-refractivity contribution in [3.05, 3.63) is 0 Å². The molecule has 2 aliphatic heterocycles. The summed E-state index contributed by atoms with van der Waals surface area (Å²) in [6.45, 7) is 3.69. The van der Waals surface area contributed by atoms with Crippen LogP contribution in [0.15, 0.2) is 0 Å². The minimum atomic E-state index is 0.847. The van der Waals surface area contributed by atoms with Crippen molar-refractivity contribution in [3.8, 4) is 0 Å². The highest BCUT2D eigenvalue weighted by Gasteiger charge is 2.38. The molecule has 1 saturated carbocycles. The summed E-state index contributed by atoms with van der Waals surface area (Å²) in [4.78, 5) is 2.90. The molecule has 1 N–H and O–H groups in total. The maximum absolute atomic E-state index is 3.78. The monoisotopic (exact) mass is 236 g/mol. The van der Waals surface area contributed by atoms with Gasteiger partial charge in [0.15, 0.2) is 0 Å². The molecule has 2 heterocycles. The van der Waals surface area contributed by atoms with Crippen molar-refractivity contribution in [2.45, 2.75) is 88.9 Å². The highest BCUT2D eigenvalue weighted by Crippen LogP contribution is 2.34. The molecule has 0 aromatic heterocycles. The van der Waals surface area contributed by atoms with Gasteiger partial charge in [0.1, 0.15) is 0 Å². The van der Waals surface area contributed by atoms with Crippen LogP contribution in [0.2, 0.25) is 0 Å². The Balaban J connectivity index is 1.65. The van der Waals surface area contributed by atoms with E-state index in [0.717, 1.165) is 24.2 Å². The summed E-state index contributed by atoms with van der Waals surface area (Å²) in [5.74, 6) is 0. The van der Waals surface area contributed by atoms with E-state index < -0.39 is 0 Å². The summed E-state index contributed by atoms with van der Waals surface area (Å²) in [6, 6.07) is 3.52. The van der Waals surface area contributed by atoms with Crippen LogP contribution in [-0.4, -0.2) is 35.6 Å². The van der Waals surface area contributed by atoms with Gasteiger partial charge < -0.3 is 5.32 Å². The van der Waals surface area contributed by atoms with Crippen molar-refractivity contribution in [2.24, 2.45) is 0 Å². The predicted molar refractivity (Wildman–Crippen MR) is 72.2 cm³/mol. The second-order valence-electron chi connectivity index (χ2n) is 6.44. The number of fused-ring (bicyclic) bond motifs is 2. The number of hydrogen-bond donors (Lipinski definition) is 1. The first-order valence-electron chi connectivity index (χ1n) is 7.88. The van der Waals surface area contributed by atoms with Crippen molar-refractivity contribution in [1.82, 2.24) is 10.2 Å². The Bertz CT molecular complexity index is 235. The van der Waals surface area contributed by atoms with Crippen molar-refractivity contribution in [3.63, 3.8) is 0 Å². The zero-order chi connectivity index (χ0) is 11.7. The van der Waals surface area contributed by atoms with Crippen LogP contribution in [0.25, 0.3) is 0 Å². The third-order valence-corrected chi connectivity index (χ3v) is 5.19. The third-order valence-electron chi connectivity index (χ3n) is 5.19. The zero-order valence-corrected chi connectivity index (χ0v) is 11.3. The third kappa shape index (κ3) is 2.53. The highest BCUT2D eigenvalue weighted by atomic mass is 15.2. The van der Waals surface area contributed by atoms with Gasteiger partial charge in [0.25, 0.3) is 0 Å². The maximum atomic E-state index is 3.78. The van der Waals surface area contributed by atoms with Gasteiger partial charge in [-0.2, -0.15) is 0 Å². The van der Waals surface area contributed by atoms with Gasteiger partial charge in [-0.15, -0.1) is 0 Å². The fourth-order valence-electron chi connectivity index (χ4n) is 4.46. The second-order valence-corrected chi connectivity index (χ2v) is 6.44. The Kier molecular flexibility index (Phi) is 3.72. The molecule has 1 aliphatic carbocycles. The van der Waals surface area contributed by atoms with Crippen LogP contribution in [0.4, 0.5) is 0 Å². The Morgan fingerprint density at radius 1 is 0.941 bits per heavy atom. The van der Waals surface area contributed by atoms with Crippen molar-refractivity contribution in [2.75, 3.05) is 6.54 Å². The van der Waals surface area contributed by atoms with Gasteiger partial charge in [-0.3, -0.25) is 4.90 Å². The minimum absolute atomic E-state index is 0.847. The quantitative estimate of drug-likeness (QED) is 0.807. The lowest BCUT2D eigenvalue weighted by atomic mass is 9.96. The van der Waals surface area contributed by atoms with E-state index in [-0.39, 0.29) is 0 Å². The van der Waals surface area contributed by atoms with Crippen molar-refractivity contribution >= 4 is 0 Å². The van der Waals surface area contributed by atoms with Gasteiger partial charge in [0, 0.05) is 24.2 Å². The molecular weight excluding hydrogens is 208 g/mol. The van der Waals surface area contributed by atoms with Crippen LogP contribution in [0.3, 0.4) is 0 Å². The second kappa shape index (κ2) is 5.27. The van der Waals surface area contributed by atoms with E-state index >= 15 is 0 Å². The van der Waals surface area contributed by atoms with E-state index in [4.69, 9.17) is 0 Å². The molecule has 2 nitrogen and oxygen atoms in total. The van der Waals surface area contributed by atoms with E-state index in [2.05, 4.69) is 17.1 Å². The first-order chi connectivity index (χ1) is 8.36. The molecule has 0 aromatic rings. The number of rotatable bonds is 4. The largest absolute Gasteiger partial charge is 0.311 e. The van der Waals surface area contributed by atoms with Gasteiger partial charge in [-0.25, -0.2) is 0 Å². The van der Waals surface area contributed by atoms with Crippen LogP contribution < -0.4 is 5.32 Å². The number of nitrogens with one attached hydrogen (secondary N) is 1. The van der Waals surface area contributed by atoms with E-state index in [1.165, 1.54) is 64.3 Å². The van der Waals surface area contributed by atoms with Gasteiger partial charge in [-0.1, -0.05) is 19.8 Å². The van der Waals surface area contributed by atoms with E-state index in [1.807, 2.05) is 0 Å². The van der Waals surface area contributed by atoms with E-state index in [9.17, 15) is 0 Å². The van der Waals surface area contributed by atoms with Crippen LogP contribution in [0.1, 0.15) is 64.7 Å². The molecule has 2 heteroatoms. The molecule has 2 bridgehead atoms. The van der Waals surface area contributed by atoms with E-state index in [1.54, 1.807) is 0 Å². The first-order valence-corrected chi connectivity index (χ1v) is 7.88. The topological polar surface area (TPSA) is 15.3 Å². The molecule has 2 saturated heterocycles. The Morgan fingerprint density at radius 2 is 1.59 bits per heavy atom. The Morgan fingerprint density at radius 3 is 2.18 bits per heavy atom. The lowest BCUT2D eigenvalue weighted by molar-refractivity contribution is 0.0956. The number of piperidine rings is 1. The summed E-state index contributed by atoms with van der Waals surface area (Å²) in [5, 5.41) is 3.78. The van der Waals surface area contributed by atoms with E-state index in [0.29, 0.717) is 0 Å². The summed E-state index contributed by atoms with van der Waals surface area (Å²) >= 11 is 0. The molecule has 0 spiro atoms. The molecule has 0 amide bonds. The molecule has 98 valence electrons. The molecule has 2 atom stereocenters. The normalized spacial score (nSPS) is 38.1. The summed E-state index contributed by atoms with van der Waals surface area (Å²) in [6.07, 6.45) is 12.9. The molecule has 0 radical (unpaired) electrons. The predicted octanol–water partition coefficient (Wildman–Crippen LogP) is 2.92. The maximum Gasteiger partial charge on any atom is 0.0128 e. The fraction of sp³-hybridized carbons (Fsp3) is 1.00. The fourth-order valence-corrected chi connectivity index (χ4v) is 4.46. The minimum Gasteiger partial charge on any atom is -0.311 e. The average molecular weight is 236 g/mol. The molecule has 3 rings (SSSR count). The lowest BCUT2D eigenvalue weighted by Crippen LogP contribution is -2.51. The Labute approximate surface area is 106 Å². The smallest absolute Gasteiger partial charge is 0.0128 e. The standard InChI is InChI=1S/C15H28N2/c1-2-9-17(14-5-3-4-6-14)15-10-12-7-8-13(11-15)16-12/h12-16H,2-11H2,1H3.